The normalized spacial score (nSPS) is 12.1. The molecule has 0 aliphatic heterocycles. The van der Waals surface area contributed by atoms with Gasteiger partial charge in [0.25, 0.3) is 5.56 Å². The fourth-order valence-electron chi connectivity index (χ4n) is 2.54. The summed E-state index contributed by atoms with van der Waals surface area (Å²) in [4.78, 5) is 40.4. The molecule has 0 saturated heterocycles. The van der Waals surface area contributed by atoms with Crippen LogP contribution in [-0.2, 0) is 20.8 Å². The second kappa shape index (κ2) is 11.1. The Morgan fingerprint density at radius 1 is 1.25 bits per heavy atom. The number of carbonyl (C=O) groups excluding carboxylic acids is 2. The monoisotopic (exact) mass is 513 g/mol. The molecule has 0 spiro atoms. The summed E-state index contributed by atoms with van der Waals surface area (Å²) >= 11 is 3.13. The lowest BCUT2D eigenvalue weighted by molar-refractivity contribution is -0.143. The summed E-state index contributed by atoms with van der Waals surface area (Å²) in [6, 6.07) is 4.79. The third-order valence-corrected chi connectivity index (χ3v) is 4.58. The summed E-state index contributed by atoms with van der Waals surface area (Å²) in [6.45, 7) is 6.61. The number of ether oxygens (including phenoxy) is 3. The molecule has 0 unspecified atom stereocenters. The Hall–Kier alpha value is -2.95. The van der Waals surface area contributed by atoms with Crippen molar-refractivity contribution in [1.29, 1.82) is 0 Å². The minimum atomic E-state index is -0.721. The van der Waals surface area contributed by atoms with Crippen molar-refractivity contribution in [2.75, 3.05) is 13.2 Å². The van der Waals surface area contributed by atoms with Crippen LogP contribution < -0.4 is 15.6 Å². The second-order valence-electron chi connectivity index (χ2n) is 7.66. The van der Waals surface area contributed by atoms with Crippen LogP contribution in [0.15, 0.2) is 39.9 Å². The molecule has 2 rings (SSSR count). The van der Waals surface area contributed by atoms with Crippen molar-refractivity contribution in [3.63, 3.8) is 0 Å². The molecule has 1 N–H and O–H groups in total. The van der Waals surface area contributed by atoms with Gasteiger partial charge in [0.2, 0.25) is 5.88 Å². The quantitative estimate of drug-likeness (QED) is 0.539. The van der Waals surface area contributed by atoms with Crippen LogP contribution in [0.4, 0.5) is 9.18 Å². The molecule has 32 heavy (non-hydrogen) atoms. The number of halogens is 2. The van der Waals surface area contributed by atoms with Gasteiger partial charge in [0.15, 0.2) is 0 Å². The number of aromatic nitrogens is 2. The number of esters is 1. The van der Waals surface area contributed by atoms with E-state index in [0.29, 0.717) is 5.56 Å². The van der Waals surface area contributed by atoms with Gasteiger partial charge in [0.05, 0.1) is 12.6 Å². The largest absolute Gasteiger partial charge is 0.474 e. The van der Waals surface area contributed by atoms with Gasteiger partial charge in [-0.1, -0.05) is 12.1 Å². The van der Waals surface area contributed by atoms with Crippen molar-refractivity contribution in [2.45, 2.75) is 45.9 Å². The van der Waals surface area contributed by atoms with Crippen LogP contribution in [0, 0.1) is 5.82 Å². The molecule has 1 amide bonds. The number of nitrogens with one attached hydrogen (secondary N) is 1. The van der Waals surface area contributed by atoms with E-state index >= 15 is 0 Å². The molecule has 1 aromatic carbocycles. The number of rotatable bonds is 8. The molecule has 174 valence electrons. The van der Waals surface area contributed by atoms with Crippen LogP contribution in [0.5, 0.6) is 5.88 Å². The number of benzene rings is 1. The highest BCUT2D eigenvalue weighted by Gasteiger charge is 2.22. The summed E-state index contributed by atoms with van der Waals surface area (Å²) < 4.78 is 30.2. The summed E-state index contributed by atoms with van der Waals surface area (Å²) in [7, 11) is 0. The van der Waals surface area contributed by atoms with Gasteiger partial charge in [-0.25, -0.2) is 14.2 Å². The number of hydrogen-bond donors (Lipinski definition) is 1. The van der Waals surface area contributed by atoms with E-state index in [1.807, 2.05) is 0 Å². The van der Waals surface area contributed by atoms with Crippen molar-refractivity contribution in [3.05, 3.63) is 56.8 Å². The van der Waals surface area contributed by atoms with Gasteiger partial charge in [0, 0.05) is 0 Å². The standard InChI is InChI=1S/C21H25BrFN3O6/c1-5-30-16(27)10-26-12-24-18(17(22)19(26)28)31-11-15(13-6-8-14(23)9-7-13)25-20(29)32-21(2,3)4/h6-9,12,15H,5,10-11H2,1-4H3,(H,25,29)/t15-/m1/s1. The smallest absolute Gasteiger partial charge is 0.408 e. The van der Waals surface area contributed by atoms with E-state index in [2.05, 4.69) is 26.2 Å². The minimum Gasteiger partial charge on any atom is -0.474 e. The highest BCUT2D eigenvalue weighted by Crippen LogP contribution is 2.21. The Morgan fingerprint density at radius 3 is 2.50 bits per heavy atom. The number of alkyl carbamates (subject to hydrolysis) is 1. The summed E-state index contributed by atoms with van der Waals surface area (Å²) in [5.74, 6) is -1.04. The first-order chi connectivity index (χ1) is 15.0. The van der Waals surface area contributed by atoms with Crippen LogP contribution in [0.2, 0.25) is 0 Å². The van der Waals surface area contributed by atoms with Crippen molar-refractivity contribution in [2.24, 2.45) is 0 Å². The van der Waals surface area contributed by atoms with Crippen LogP contribution in [-0.4, -0.2) is 40.4 Å². The Morgan fingerprint density at radius 2 is 1.91 bits per heavy atom. The Labute approximate surface area is 193 Å². The van der Waals surface area contributed by atoms with Gasteiger partial charge in [-0.15, -0.1) is 0 Å². The van der Waals surface area contributed by atoms with Crippen molar-refractivity contribution >= 4 is 28.0 Å². The Balaban J connectivity index is 2.18. The van der Waals surface area contributed by atoms with Gasteiger partial charge < -0.3 is 19.5 Å². The first-order valence-corrected chi connectivity index (χ1v) is 10.6. The molecule has 0 aliphatic rings. The van der Waals surface area contributed by atoms with E-state index < -0.39 is 35.1 Å². The molecule has 0 fully saturated rings. The van der Waals surface area contributed by atoms with E-state index in [4.69, 9.17) is 14.2 Å². The molecule has 1 aromatic heterocycles. The van der Waals surface area contributed by atoms with Crippen molar-refractivity contribution < 1.29 is 28.2 Å². The molecule has 1 atom stereocenters. The summed E-state index contributed by atoms with van der Waals surface area (Å²) in [5.41, 5.74) is -0.697. The molecule has 0 radical (unpaired) electrons. The number of nitrogens with zero attached hydrogens (tertiary/aromatic N) is 2. The zero-order valence-corrected chi connectivity index (χ0v) is 19.8. The zero-order valence-electron chi connectivity index (χ0n) is 18.2. The average Bonchev–Trinajstić information content (AvgIpc) is 2.69. The average molecular weight is 514 g/mol. The van der Waals surface area contributed by atoms with E-state index in [0.717, 1.165) is 10.9 Å². The lowest BCUT2D eigenvalue weighted by atomic mass is 10.1. The maximum Gasteiger partial charge on any atom is 0.408 e. The molecular formula is C21H25BrFN3O6. The van der Waals surface area contributed by atoms with Crippen molar-refractivity contribution in [1.82, 2.24) is 14.9 Å². The lowest BCUT2D eigenvalue weighted by Gasteiger charge is -2.24. The summed E-state index contributed by atoms with van der Waals surface area (Å²) in [6.07, 6.45) is 0.473. The van der Waals surface area contributed by atoms with Crippen LogP contribution in [0.1, 0.15) is 39.3 Å². The Bertz CT molecular complexity index is 1000. The number of amides is 1. The van der Waals surface area contributed by atoms with Gasteiger partial charge in [-0.2, -0.15) is 0 Å². The van der Waals surface area contributed by atoms with E-state index in [-0.39, 0.29) is 30.1 Å². The zero-order chi connectivity index (χ0) is 23.9. The SMILES string of the molecule is CCOC(=O)Cn1cnc(OC[C@@H](NC(=O)OC(C)(C)C)c2ccc(F)cc2)c(Br)c1=O. The van der Waals surface area contributed by atoms with Gasteiger partial charge >= 0.3 is 12.1 Å². The van der Waals surface area contributed by atoms with Gasteiger partial charge in [-0.3, -0.25) is 14.2 Å². The van der Waals surface area contributed by atoms with Crippen LogP contribution >= 0.6 is 15.9 Å². The number of carbonyl (C=O) groups is 2. The molecule has 0 aliphatic carbocycles. The van der Waals surface area contributed by atoms with E-state index in [1.54, 1.807) is 27.7 Å². The highest BCUT2D eigenvalue weighted by atomic mass is 79.9. The third kappa shape index (κ3) is 7.63. The predicted octanol–water partition coefficient (Wildman–Crippen LogP) is 3.35. The Kier molecular flexibility index (Phi) is 8.76. The second-order valence-corrected chi connectivity index (χ2v) is 8.46. The van der Waals surface area contributed by atoms with Crippen molar-refractivity contribution in [3.8, 4) is 5.88 Å². The maximum absolute atomic E-state index is 13.3. The summed E-state index contributed by atoms with van der Waals surface area (Å²) in [5, 5.41) is 2.67. The first kappa shape index (κ1) is 25.3. The highest BCUT2D eigenvalue weighted by molar-refractivity contribution is 9.10. The van der Waals surface area contributed by atoms with Crippen LogP contribution in [0.3, 0.4) is 0 Å². The molecule has 1 heterocycles. The van der Waals surface area contributed by atoms with E-state index in [1.165, 1.54) is 24.3 Å². The maximum atomic E-state index is 13.3. The van der Waals surface area contributed by atoms with Gasteiger partial charge in [0.1, 0.15) is 35.4 Å². The predicted molar refractivity (Wildman–Crippen MR) is 117 cm³/mol. The lowest BCUT2D eigenvalue weighted by Crippen LogP contribution is -2.37. The first-order valence-electron chi connectivity index (χ1n) is 9.78. The topological polar surface area (TPSA) is 109 Å². The molecule has 9 nitrogen and oxygen atoms in total. The fraction of sp³-hybridized carbons (Fsp3) is 0.429. The molecule has 11 heteroatoms. The van der Waals surface area contributed by atoms with Crippen LogP contribution in [0.25, 0.3) is 0 Å². The third-order valence-electron chi connectivity index (χ3n) is 3.91. The molecule has 2 aromatic rings. The van der Waals surface area contributed by atoms with E-state index in [9.17, 15) is 18.8 Å². The molecular weight excluding hydrogens is 489 g/mol. The molecule has 0 saturated carbocycles. The number of hydrogen-bond acceptors (Lipinski definition) is 7. The minimum absolute atomic E-state index is 0.000535. The molecule has 0 bridgehead atoms. The van der Waals surface area contributed by atoms with Gasteiger partial charge in [-0.05, 0) is 61.3 Å². The fourth-order valence-corrected chi connectivity index (χ4v) is 2.98.